The van der Waals surface area contributed by atoms with Gasteiger partial charge in [-0.1, -0.05) is 0 Å². The lowest BCUT2D eigenvalue weighted by atomic mass is 10.1. The van der Waals surface area contributed by atoms with Gasteiger partial charge in [-0.15, -0.1) is 12.4 Å². The number of hydrogen-bond donors (Lipinski definition) is 1. The Balaban J connectivity index is 0.00000225. The van der Waals surface area contributed by atoms with Crippen LogP contribution in [0.15, 0.2) is 24.3 Å². The van der Waals surface area contributed by atoms with Crippen molar-refractivity contribution < 1.29 is 14.3 Å². The SMILES string of the molecule is CC1NCCN(C(=O)COc2ccc(N3CCCC3=O)cc2)C1C.Cl. The van der Waals surface area contributed by atoms with E-state index in [1.165, 1.54) is 0 Å². The van der Waals surface area contributed by atoms with Gasteiger partial charge in [-0.3, -0.25) is 9.59 Å². The first-order valence-corrected chi connectivity index (χ1v) is 8.62. The summed E-state index contributed by atoms with van der Waals surface area (Å²) in [6, 6.07) is 7.84. The van der Waals surface area contributed by atoms with Gasteiger partial charge in [-0.05, 0) is 44.5 Å². The van der Waals surface area contributed by atoms with Crippen LogP contribution in [0.4, 0.5) is 5.69 Å². The molecule has 2 amide bonds. The third kappa shape index (κ3) is 4.44. The first-order chi connectivity index (χ1) is 11.6. The molecule has 6 nitrogen and oxygen atoms in total. The quantitative estimate of drug-likeness (QED) is 0.881. The summed E-state index contributed by atoms with van der Waals surface area (Å²) in [5.74, 6) is 0.824. The maximum absolute atomic E-state index is 12.4. The van der Waals surface area contributed by atoms with Gasteiger partial charge in [0, 0.05) is 43.8 Å². The average molecular weight is 368 g/mol. The molecule has 7 heteroatoms. The summed E-state index contributed by atoms with van der Waals surface area (Å²) in [7, 11) is 0. The lowest BCUT2D eigenvalue weighted by Gasteiger charge is -2.38. The van der Waals surface area contributed by atoms with Crippen LogP contribution in [0.2, 0.25) is 0 Å². The van der Waals surface area contributed by atoms with Crippen molar-refractivity contribution in [2.75, 3.05) is 31.1 Å². The monoisotopic (exact) mass is 367 g/mol. The van der Waals surface area contributed by atoms with Crippen LogP contribution < -0.4 is 15.0 Å². The first-order valence-electron chi connectivity index (χ1n) is 8.62. The van der Waals surface area contributed by atoms with E-state index in [2.05, 4.69) is 19.2 Å². The number of nitrogens with one attached hydrogen (secondary N) is 1. The van der Waals surface area contributed by atoms with Crippen LogP contribution in [-0.4, -0.2) is 55.0 Å². The number of carbonyl (C=O) groups excluding carboxylic acids is 2. The van der Waals surface area contributed by atoms with Crippen molar-refractivity contribution in [3.8, 4) is 5.75 Å². The number of rotatable bonds is 4. The number of hydrogen-bond acceptors (Lipinski definition) is 4. The highest BCUT2D eigenvalue weighted by atomic mass is 35.5. The summed E-state index contributed by atoms with van der Waals surface area (Å²) in [6.07, 6.45) is 1.53. The second-order valence-corrected chi connectivity index (χ2v) is 6.50. The predicted molar refractivity (Wildman–Crippen MR) is 99.4 cm³/mol. The highest BCUT2D eigenvalue weighted by molar-refractivity contribution is 5.95. The fourth-order valence-electron chi connectivity index (χ4n) is 3.28. The van der Waals surface area contributed by atoms with E-state index in [0.29, 0.717) is 24.8 Å². The van der Waals surface area contributed by atoms with E-state index in [4.69, 9.17) is 4.74 Å². The standard InChI is InChI=1S/C18H25N3O3.ClH/c1-13-14(2)20(11-9-19-13)18(23)12-24-16-7-5-15(6-8-16)21-10-3-4-17(21)22;/h5-8,13-14,19H,3-4,9-12H2,1-2H3;1H. The molecule has 2 aliphatic heterocycles. The van der Waals surface area contributed by atoms with Gasteiger partial charge in [0.15, 0.2) is 6.61 Å². The molecule has 1 N–H and O–H groups in total. The Hall–Kier alpha value is -1.79. The Morgan fingerprint density at radius 2 is 1.96 bits per heavy atom. The molecule has 0 spiro atoms. The predicted octanol–water partition coefficient (Wildman–Crippen LogP) is 1.82. The lowest BCUT2D eigenvalue weighted by molar-refractivity contribution is -0.137. The fraction of sp³-hybridized carbons (Fsp3) is 0.556. The van der Waals surface area contributed by atoms with E-state index in [9.17, 15) is 9.59 Å². The molecule has 0 bridgehead atoms. The molecule has 1 aromatic rings. The Bertz CT molecular complexity index is 608. The largest absolute Gasteiger partial charge is 0.484 e. The van der Waals surface area contributed by atoms with Gasteiger partial charge in [-0.25, -0.2) is 0 Å². The van der Waals surface area contributed by atoms with E-state index in [1.54, 1.807) is 4.90 Å². The minimum Gasteiger partial charge on any atom is -0.484 e. The minimum absolute atomic E-state index is 0. The lowest BCUT2D eigenvalue weighted by Crippen LogP contribution is -2.58. The minimum atomic E-state index is 0. The molecule has 2 unspecified atom stereocenters. The van der Waals surface area contributed by atoms with Crippen molar-refractivity contribution >= 4 is 29.9 Å². The summed E-state index contributed by atoms with van der Waals surface area (Å²) in [5, 5.41) is 3.36. The molecule has 0 aromatic heterocycles. The average Bonchev–Trinajstić information content (AvgIpc) is 3.02. The third-order valence-corrected chi connectivity index (χ3v) is 4.94. The molecular weight excluding hydrogens is 342 g/mol. The number of piperazine rings is 1. The van der Waals surface area contributed by atoms with Crippen molar-refractivity contribution in [3.05, 3.63) is 24.3 Å². The maximum Gasteiger partial charge on any atom is 0.260 e. The van der Waals surface area contributed by atoms with Crippen LogP contribution >= 0.6 is 12.4 Å². The molecule has 2 atom stereocenters. The van der Waals surface area contributed by atoms with Crippen LogP contribution in [0.5, 0.6) is 5.75 Å². The molecule has 25 heavy (non-hydrogen) atoms. The Morgan fingerprint density at radius 1 is 1.24 bits per heavy atom. The smallest absolute Gasteiger partial charge is 0.260 e. The van der Waals surface area contributed by atoms with Gasteiger partial charge in [0.05, 0.1) is 0 Å². The van der Waals surface area contributed by atoms with Gasteiger partial charge in [0.25, 0.3) is 5.91 Å². The Labute approximate surface area is 154 Å². The van der Waals surface area contributed by atoms with Crippen molar-refractivity contribution in [1.29, 1.82) is 0 Å². The van der Waals surface area contributed by atoms with Crippen LogP contribution in [0.1, 0.15) is 26.7 Å². The highest BCUT2D eigenvalue weighted by Gasteiger charge is 2.28. The molecule has 2 saturated heterocycles. The Kier molecular flexibility index (Phi) is 6.67. The third-order valence-electron chi connectivity index (χ3n) is 4.94. The van der Waals surface area contributed by atoms with Gasteiger partial charge in [-0.2, -0.15) is 0 Å². The van der Waals surface area contributed by atoms with E-state index in [0.717, 1.165) is 25.2 Å². The summed E-state index contributed by atoms with van der Waals surface area (Å²) >= 11 is 0. The summed E-state index contributed by atoms with van der Waals surface area (Å²) in [4.78, 5) is 27.8. The molecule has 138 valence electrons. The van der Waals surface area contributed by atoms with Crippen molar-refractivity contribution in [2.45, 2.75) is 38.8 Å². The fourth-order valence-corrected chi connectivity index (χ4v) is 3.28. The Morgan fingerprint density at radius 3 is 2.60 bits per heavy atom. The van der Waals surface area contributed by atoms with Gasteiger partial charge in [0.1, 0.15) is 5.75 Å². The zero-order valence-electron chi connectivity index (χ0n) is 14.7. The van der Waals surface area contributed by atoms with Crippen LogP contribution in [-0.2, 0) is 9.59 Å². The van der Waals surface area contributed by atoms with Crippen LogP contribution in [0.25, 0.3) is 0 Å². The number of ether oxygens (including phenoxy) is 1. The highest BCUT2D eigenvalue weighted by Crippen LogP contribution is 2.24. The van der Waals surface area contributed by atoms with Crippen molar-refractivity contribution in [2.24, 2.45) is 0 Å². The summed E-state index contributed by atoms with van der Waals surface area (Å²) in [6.45, 7) is 6.48. The molecule has 2 aliphatic rings. The molecule has 0 aliphatic carbocycles. The maximum atomic E-state index is 12.4. The van der Waals surface area contributed by atoms with E-state index in [-0.39, 0.29) is 36.9 Å². The zero-order valence-corrected chi connectivity index (χ0v) is 15.6. The van der Waals surface area contributed by atoms with Crippen LogP contribution in [0, 0.1) is 0 Å². The van der Waals surface area contributed by atoms with E-state index in [1.807, 2.05) is 29.2 Å². The summed E-state index contributed by atoms with van der Waals surface area (Å²) in [5.41, 5.74) is 0.890. The normalized spacial score (nSPS) is 23.4. The molecule has 0 saturated carbocycles. The first kappa shape index (κ1) is 19.5. The molecule has 0 radical (unpaired) electrons. The van der Waals surface area contributed by atoms with Crippen LogP contribution in [0.3, 0.4) is 0 Å². The second kappa shape index (κ2) is 8.54. The number of amides is 2. The number of benzene rings is 1. The molecule has 1 aromatic carbocycles. The molecule has 2 heterocycles. The molecule has 2 fully saturated rings. The number of nitrogens with zero attached hydrogens (tertiary/aromatic N) is 2. The number of halogens is 1. The van der Waals surface area contributed by atoms with Crippen molar-refractivity contribution in [1.82, 2.24) is 10.2 Å². The zero-order chi connectivity index (χ0) is 17.1. The van der Waals surface area contributed by atoms with Gasteiger partial charge < -0.3 is 19.9 Å². The topological polar surface area (TPSA) is 61.9 Å². The van der Waals surface area contributed by atoms with Crippen molar-refractivity contribution in [3.63, 3.8) is 0 Å². The van der Waals surface area contributed by atoms with E-state index >= 15 is 0 Å². The van der Waals surface area contributed by atoms with Gasteiger partial charge >= 0.3 is 0 Å². The van der Waals surface area contributed by atoms with E-state index < -0.39 is 0 Å². The summed E-state index contributed by atoms with van der Waals surface area (Å²) < 4.78 is 5.63. The molecular formula is C18H26ClN3O3. The number of anilines is 1. The number of carbonyl (C=O) groups is 2. The second-order valence-electron chi connectivity index (χ2n) is 6.50. The molecule has 3 rings (SSSR count). The van der Waals surface area contributed by atoms with Gasteiger partial charge in [0.2, 0.25) is 5.91 Å².